The Bertz CT molecular complexity index is 911. The molecule has 9 nitrogen and oxygen atoms in total. The van der Waals surface area contributed by atoms with Gasteiger partial charge in [-0.2, -0.15) is 0 Å². The van der Waals surface area contributed by atoms with Crippen LogP contribution >= 0.6 is 0 Å². The van der Waals surface area contributed by atoms with Crippen molar-refractivity contribution >= 4 is 17.7 Å². The lowest BCUT2D eigenvalue weighted by Crippen LogP contribution is -2.51. The second-order valence-electron chi connectivity index (χ2n) is 7.59. The number of amides is 3. The molecule has 0 saturated carbocycles. The Hall–Kier alpha value is -3.07. The van der Waals surface area contributed by atoms with Gasteiger partial charge in [-0.3, -0.25) is 24.2 Å². The number of nitrogens with zero attached hydrogens (tertiary/aromatic N) is 5. The van der Waals surface area contributed by atoms with Gasteiger partial charge >= 0.3 is 0 Å². The van der Waals surface area contributed by atoms with Crippen LogP contribution in [0.2, 0.25) is 0 Å². The number of aromatic nitrogens is 2. The van der Waals surface area contributed by atoms with Crippen LogP contribution in [-0.4, -0.2) is 75.3 Å². The predicted octanol–water partition coefficient (Wildman–Crippen LogP) is 1.13. The lowest BCUT2D eigenvalue weighted by atomic mass is 10.1. The number of carbonyl (C=O) groups is 3. The zero-order chi connectivity index (χ0) is 20.5. The van der Waals surface area contributed by atoms with Crippen molar-refractivity contribution in [3.63, 3.8) is 0 Å². The molecule has 1 aromatic carbocycles. The zero-order valence-electron chi connectivity index (χ0n) is 16.5. The second kappa shape index (κ2) is 7.75. The summed E-state index contributed by atoms with van der Waals surface area (Å²) >= 11 is 0. The van der Waals surface area contributed by atoms with Crippen LogP contribution in [0, 0.1) is 0 Å². The van der Waals surface area contributed by atoms with Gasteiger partial charge in [0.1, 0.15) is 6.54 Å². The minimum absolute atomic E-state index is 0.188. The van der Waals surface area contributed by atoms with Crippen molar-refractivity contribution in [3.05, 3.63) is 47.2 Å². The average molecular weight is 397 g/mol. The number of imide groups is 1. The summed E-state index contributed by atoms with van der Waals surface area (Å²) in [4.78, 5) is 42.4. The molecule has 0 aliphatic carbocycles. The number of hydrogen-bond donors (Lipinski definition) is 0. The van der Waals surface area contributed by atoms with E-state index < -0.39 is 11.8 Å². The molecule has 29 heavy (non-hydrogen) atoms. The Morgan fingerprint density at radius 1 is 1.03 bits per heavy atom. The lowest BCUT2D eigenvalue weighted by Gasteiger charge is -2.34. The molecule has 2 aromatic rings. The first-order valence-electron chi connectivity index (χ1n) is 9.71. The Balaban J connectivity index is 1.30. The highest BCUT2D eigenvalue weighted by atomic mass is 16.4. The molecule has 0 atom stereocenters. The van der Waals surface area contributed by atoms with E-state index in [4.69, 9.17) is 4.42 Å². The highest BCUT2D eigenvalue weighted by Crippen LogP contribution is 2.22. The molecule has 1 aromatic heterocycles. The number of rotatable bonds is 5. The van der Waals surface area contributed by atoms with Crippen molar-refractivity contribution < 1.29 is 18.8 Å². The number of hydrogen-bond acceptors (Lipinski definition) is 7. The van der Waals surface area contributed by atoms with E-state index in [0.29, 0.717) is 55.6 Å². The molecule has 0 radical (unpaired) electrons. The number of carbonyl (C=O) groups excluding carboxylic acids is 3. The van der Waals surface area contributed by atoms with Crippen molar-refractivity contribution in [2.75, 3.05) is 32.7 Å². The first-order valence-corrected chi connectivity index (χ1v) is 9.71. The van der Waals surface area contributed by atoms with Gasteiger partial charge in [0.25, 0.3) is 11.8 Å². The van der Waals surface area contributed by atoms with E-state index in [-0.39, 0.29) is 18.4 Å². The van der Waals surface area contributed by atoms with Crippen LogP contribution in [0.4, 0.5) is 0 Å². The van der Waals surface area contributed by atoms with E-state index in [1.807, 2.05) is 13.8 Å². The molecule has 0 bridgehead atoms. The molecule has 3 amide bonds. The molecular formula is C20H23N5O4. The maximum absolute atomic E-state index is 12.7. The third-order valence-corrected chi connectivity index (χ3v) is 5.23. The maximum Gasteiger partial charge on any atom is 0.262 e. The fraction of sp³-hybridized carbons (Fsp3) is 0.450. The molecule has 0 spiro atoms. The molecule has 2 aliphatic rings. The van der Waals surface area contributed by atoms with Crippen LogP contribution in [-0.2, 0) is 11.3 Å². The van der Waals surface area contributed by atoms with Crippen molar-refractivity contribution in [2.45, 2.75) is 26.3 Å². The van der Waals surface area contributed by atoms with Gasteiger partial charge in [0.2, 0.25) is 17.7 Å². The fourth-order valence-electron chi connectivity index (χ4n) is 3.53. The number of benzene rings is 1. The number of piperazine rings is 1. The summed E-state index contributed by atoms with van der Waals surface area (Å²) in [5, 5.41) is 8.11. The van der Waals surface area contributed by atoms with Crippen LogP contribution in [0.5, 0.6) is 0 Å². The van der Waals surface area contributed by atoms with Crippen LogP contribution in [0.25, 0.3) is 0 Å². The smallest absolute Gasteiger partial charge is 0.262 e. The first-order chi connectivity index (χ1) is 13.9. The van der Waals surface area contributed by atoms with Gasteiger partial charge in [-0.25, -0.2) is 0 Å². The second-order valence-corrected chi connectivity index (χ2v) is 7.59. The van der Waals surface area contributed by atoms with E-state index in [2.05, 4.69) is 15.1 Å². The average Bonchev–Trinajstić information content (AvgIpc) is 3.28. The van der Waals surface area contributed by atoms with Crippen LogP contribution in [0.1, 0.15) is 52.3 Å². The largest absolute Gasteiger partial charge is 0.424 e. The van der Waals surface area contributed by atoms with Gasteiger partial charge in [0, 0.05) is 32.1 Å². The van der Waals surface area contributed by atoms with Crippen molar-refractivity contribution in [1.82, 2.24) is 24.9 Å². The topological polar surface area (TPSA) is 99.9 Å². The summed E-state index contributed by atoms with van der Waals surface area (Å²) in [6, 6.07) is 6.65. The monoisotopic (exact) mass is 397 g/mol. The minimum atomic E-state index is -0.407. The van der Waals surface area contributed by atoms with Crippen LogP contribution < -0.4 is 0 Å². The van der Waals surface area contributed by atoms with Crippen molar-refractivity contribution in [3.8, 4) is 0 Å². The minimum Gasteiger partial charge on any atom is -0.424 e. The van der Waals surface area contributed by atoms with Crippen LogP contribution in [0.3, 0.4) is 0 Å². The summed E-state index contributed by atoms with van der Waals surface area (Å²) in [6.45, 7) is 6.67. The highest BCUT2D eigenvalue weighted by Gasteiger charge is 2.37. The Labute approximate surface area is 168 Å². The summed E-state index contributed by atoms with van der Waals surface area (Å²) in [5.41, 5.74) is 0.714. The first kappa shape index (κ1) is 19.3. The fourth-order valence-corrected chi connectivity index (χ4v) is 3.53. The molecule has 0 N–H and O–H groups in total. The molecule has 9 heteroatoms. The van der Waals surface area contributed by atoms with Crippen LogP contribution in [0.15, 0.2) is 28.7 Å². The van der Waals surface area contributed by atoms with Gasteiger partial charge < -0.3 is 9.32 Å². The van der Waals surface area contributed by atoms with E-state index in [9.17, 15) is 14.4 Å². The van der Waals surface area contributed by atoms with Gasteiger partial charge in [-0.15, -0.1) is 10.2 Å². The summed E-state index contributed by atoms with van der Waals surface area (Å²) in [5.74, 6) is 0.339. The molecule has 3 heterocycles. The zero-order valence-corrected chi connectivity index (χ0v) is 16.5. The van der Waals surface area contributed by atoms with E-state index in [1.54, 1.807) is 29.2 Å². The van der Waals surface area contributed by atoms with E-state index in [0.717, 1.165) is 4.90 Å². The Kier molecular flexibility index (Phi) is 5.14. The van der Waals surface area contributed by atoms with Gasteiger partial charge in [-0.1, -0.05) is 26.0 Å². The predicted molar refractivity (Wildman–Crippen MR) is 102 cm³/mol. The van der Waals surface area contributed by atoms with E-state index in [1.165, 1.54) is 0 Å². The van der Waals surface area contributed by atoms with Crippen molar-refractivity contribution in [1.29, 1.82) is 0 Å². The quantitative estimate of drug-likeness (QED) is 0.697. The van der Waals surface area contributed by atoms with Gasteiger partial charge in [-0.05, 0) is 12.1 Å². The summed E-state index contributed by atoms with van der Waals surface area (Å²) in [7, 11) is 0. The highest BCUT2D eigenvalue weighted by molar-refractivity contribution is 6.22. The normalized spacial score (nSPS) is 17.3. The third-order valence-electron chi connectivity index (χ3n) is 5.23. The van der Waals surface area contributed by atoms with E-state index >= 15 is 0 Å². The standard InChI is InChI=1S/C20H23N5O4/c1-13(2)18-22-21-16(29-18)11-23-7-9-24(10-8-23)17(26)12-25-19(27)14-5-3-4-6-15(14)20(25)28/h3-6,13H,7-12H2,1-2H3. The Morgan fingerprint density at radius 3 is 2.21 bits per heavy atom. The maximum atomic E-state index is 12.7. The van der Waals surface area contributed by atoms with Gasteiger partial charge in [0.15, 0.2) is 0 Å². The molecule has 152 valence electrons. The SMILES string of the molecule is CC(C)c1nnc(CN2CCN(C(=O)CN3C(=O)c4ccccc4C3=O)CC2)o1. The lowest BCUT2D eigenvalue weighted by molar-refractivity contribution is -0.133. The number of fused-ring (bicyclic) bond motifs is 1. The molecule has 4 rings (SSSR count). The molecule has 2 aliphatic heterocycles. The summed E-state index contributed by atoms with van der Waals surface area (Å²) in [6.07, 6.45) is 0. The molecular weight excluding hydrogens is 374 g/mol. The van der Waals surface area contributed by atoms with Gasteiger partial charge in [0.05, 0.1) is 17.7 Å². The van der Waals surface area contributed by atoms with Crippen molar-refractivity contribution in [2.24, 2.45) is 0 Å². The molecule has 1 saturated heterocycles. The summed E-state index contributed by atoms with van der Waals surface area (Å²) < 4.78 is 5.64. The third kappa shape index (κ3) is 3.77. The molecule has 1 fully saturated rings. The molecule has 0 unspecified atom stereocenters. The Morgan fingerprint density at radius 2 is 1.66 bits per heavy atom.